The summed E-state index contributed by atoms with van der Waals surface area (Å²) in [4.78, 5) is 24.5. The summed E-state index contributed by atoms with van der Waals surface area (Å²) in [5.41, 5.74) is -0.140. The molecule has 0 saturated carbocycles. The van der Waals surface area contributed by atoms with Gasteiger partial charge in [-0.25, -0.2) is 0 Å². The Bertz CT molecular complexity index is 464. The maximum Gasteiger partial charge on any atom is 0.311 e. The number of rotatable bonds is 8. The van der Waals surface area contributed by atoms with E-state index in [1.165, 1.54) is 19.2 Å². The van der Waals surface area contributed by atoms with E-state index in [9.17, 15) is 14.9 Å². The van der Waals surface area contributed by atoms with E-state index in [4.69, 9.17) is 9.84 Å². The Hall–Kier alpha value is -2.38. The number of unbranched alkanes of at least 4 members (excludes halogenated alkanes) is 1. The van der Waals surface area contributed by atoms with Crippen LogP contribution in [0.3, 0.4) is 0 Å². The molecule has 0 aliphatic carbocycles. The van der Waals surface area contributed by atoms with E-state index in [0.717, 1.165) is 0 Å². The van der Waals surface area contributed by atoms with Crippen molar-refractivity contribution in [2.45, 2.75) is 19.3 Å². The zero-order valence-corrected chi connectivity index (χ0v) is 10.5. The van der Waals surface area contributed by atoms with Crippen LogP contribution >= 0.6 is 0 Å². The second-order valence-electron chi connectivity index (χ2n) is 3.76. The Morgan fingerprint density at radius 3 is 2.84 bits per heavy atom. The van der Waals surface area contributed by atoms with Crippen LogP contribution < -0.4 is 10.1 Å². The normalized spacial score (nSPS) is 9.95. The maximum atomic E-state index is 10.8. The molecule has 0 radical (unpaired) electrons. The van der Waals surface area contributed by atoms with Gasteiger partial charge in [-0.15, -0.1) is 0 Å². The van der Waals surface area contributed by atoms with E-state index in [-0.39, 0.29) is 23.8 Å². The van der Waals surface area contributed by atoms with Crippen molar-refractivity contribution < 1.29 is 19.6 Å². The number of hydrogen-bond donors (Lipinski definition) is 2. The molecule has 0 spiro atoms. The Labute approximate surface area is 109 Å². The smallest absolute Gasteiger partial charge is 0.311 e. The fourth-order valence-electron chi connectivity index (χ4n) is 1.43. The number of nitrogens with zero attached hydrogens (tertiary/aromatic N) is 2. The van der Waals surface area contributed by atoms with E-state index in [1.54, 1.807) is 0 Å². The van der Waals surface area contributed by atoms with Crippen LogP contribution in [0.1, 0.15) is 19.3 Å². The number of aromatic nitrogens is 1. The highest BCUT2D eigenvalue weighted by atomic mass is 16.6. The summed E-state index contributed by atoms with van der Waals surface area (Å²) >= 11 is 0. The molecule has 0 atom stereocenters. The fourth-order valence-corrected chi connectivity index (χ4v) is 1.43. The van der Waals surface area contributed by atoms with E-state index >= 15 is 0 Å². The van der Waals surface area contributed by atoms with Crippen molar-refractivity contribution >= 4 is 17.5 Å². The molecule has 104 valence electrons. The minimum atomic E-state index is -0.856. The fraction of sp³-hybridized carbons (Fsp3) is 0.455. The molecule has 0 aliphatic heterocycles. The van der Waals surface area contributed by atoms with Gasteiger partial charge >= 0.3 is 11.7 Å². The van der Waals surface area contributed by atoms with Gasteiger partial charge < -0.3 is 15.2 Å². The summed E-state index contributed by atoms with van der Waals surface area (Å²) in [6.07, 6.45) is 1.16. The van der Waals surface area contributed by atoms with Crippen molar-refractivity contribution in [3.8, 4) is 5.88 Å². The van der Waals surface area contributed by atoms with Crippen molar-refractivity contribution in [1.29, 1.82) is 0 Å². The average Bonchev–Trinajstić information content (AvgIpc) is 2.37. The first-order valence-corrected chi connectivity index (χ1v) is 5.69. The third-order valence-electron chi connectivity index (χ3n) is 2.36. The number of pyridine rings is 1. The monoisotopic (exact) mass is 269 g/mol. The van der Waals surface area contributed by atoms with Gasteiger partial charge in [0.15, 0.2) is 0 Å². The molecule has 1 aromatic heterocycles. The Morgan fingerprint density at radius 1 is 1.53 bits per heavy atom. The topological polar surface area (TPSA) is 115 Å². The van der Waals surface area contributed by atoms with Gasteiger partial charge in [-0.1, -0.05) is 0 Å². The van der Waals surface area contributed by atoms with Crippen LogP contribution in [0, 0.1) is 10.1 Å². The molecular weight excluding hydrogens is 254 g/mol. The summed E-state index contributed by atoms with van der Waals surface area (Å²) in [5, 5.41) is 22.1. The number of nitro groups is 1. The molecule has 0 bridgehead atoms. The molecule has 8 nitrogen and oxygen atoms in total. The average molecular weight is 269 g/mol. The van der Waals surface area contributed by atoms with Crippen LogP contribution in [0.5, 0.6) is 5.88 Å². The van der Waals surface area contributed by atoms with Crippen LogP contribution in [0.4, 0.5) is 11.5 Å². The van der Waals surface area contributed by atoms with Crippen molar-refractivity contribution in [3.63, 3.8) is 0 Å². The van der Waals surface area contributed by atoms with Crippen molar-refractivity contribution in [1.82, 2.24) is 4.98 Å². The van der Waals surface area contributed by atoms with Crippen LogP contribution in [-0.2, 0) is 4.79 Å². The molecule has 1 aromatic rings. The molecule has 1 rings (SSSR count). The van der Waals surface area contributed by atoms with Crippen molar-refractivity contribution in [3.05, 3.63) is 22.2 Å². The van der Waals surface area contributed by atoms with E-state index in [0.29, 0.717) is 19.4 Å². The third-order valence-corrected chi connectivity index (χ3v) is 2.36. The van der Waals surface area contributed by atoms with Crippen LogP contribution in [-0.4, -0.2) is 34.6 Å². The molecule has 8 heteroatoms. The summed E-state index contributed by atoms with van der Waals surface area (Å²) < 4.78 is 4.90. The SMILES string of the molecule is COc1ccc([N+](=O)[O-])c(NCCCCC(=O)O)n1. The largest absolute Gasteiger partial charge is 0.481 e. The molecular formula is C11H15N3O5. The number of nitrogens with one attached hydrogen (secondary N) is 1. The zero-order valence-electron chi connectivity index (χ0n) is 10.5. The number of carboxylic acids is 1. The van der Waals surface area contributed by atoms with Gasteiger partial charge in [0.1, 0.15) is 0 Å². The second kappa shape index (κ2) is 7.14. The molecule has 19 heavy (non-hydrogen) atoms. The van der Waals surface area contributed by atoms with Crippen LogP contribution in [0.25, 0.3) is 0 Å². The predicted octanol–water partition coefficient (Wildman–Crippen LogP) is 1.67. The van der Waals surface area contributed by atoms with Gasteiger partial charge in [-0.2, -0.15) is 4.98 Å². The number of hydrogen-bond acceptors (Lipinski definition) is 6. The standard InChI is InChI=1S/C11H15N3O5/c1-19-9-6-5-8(14(17)18)11(13-9)12-7-3-2-4-10(15)16/h5-6H,2-4,7H2,1H3,(H,12,13)(H,15,16). The summed E-state index contributed by atoms with van der Waals surface area (Å²) in [6.45, 7) is 0.411. The summed E-state index contributed by atoms with van der Waals surface area (Å²) in [6, 6.07) is 2.72. The van der Waals surface area contributed by atoms with Gasteiger partial charge in [-0.3, -0.25) is 14.9 Å². The van der Waals surface area contributed by atoms with Gasteiger partial charge in [0.2, 0.25) is 11.7 Å². The third kappa shape index (κ3) is 4.78. The zero-order chi connectivity index (χ0) is 14.3. The lowest BCUT2D eigenvalue weighted by molar-refractivity contribution is -0.384. The molecule has 0 unspecified atom stereocenters. The van der Waals surface area contributed by atoms with Gasteiger partial charge in [0.25, 0.3) is 0 Å². The number of aliphatic carboxylic acids is 1. The summed E-state index contributed by atoms with van der Waals surface area (Å²) in [5.74, 6) is -0.455. The molecule has 1 heterocycles. The maximum absolute atomic E-state index is 10.8. The first-order chi connectivity index (χ1) is 9.04. The Balaban J connectivity index is 2.59. The van der Waals surface area contributed by atoms with E-state index < -0.39 is 10.9 Å². The Morgan fingerprint density at radius 2 is 2.26 bits per heavy atom. The van der Waals surface area contributed by atoms with Gasteiger partial charge in [-0.05, 0) is 12.8 Å². The van der Waals surface area contributed by atoms with Gasteiger partial charge in [0.05, 0.1) is 12.0 Å². The minimum absolute atomic E-state index is 0.0787. The highest BCUT2D eigenvalue weighted by molar-refractivity contribution is 5.66. The number of ether oxygens (including phenoxy) is 1. The van der Waals surface area contributed by atoms with E-state index in [2.05, 4.69) is 10.3 Å². The lowest BCUT2D eigenvalue weighted by Gasteiger charge is -2.07. The number of carboxylic acid groups (broad SMARTS) is 1. The number of carbonyl (C=O) groups is 1. The molecule has 0 amide bonds. The first kappa shape index (κ1) is 14.7. The number of anilines is 1. The van der Waals surface area contributed by atoms with E-state index in [1.807, 2.05) is 0 Å². The quantitative estimate of drug-likeness (QED) is 0.419. The minimum Gasteiger partial charge on any atom is -0.481 e. The van der Waals surface area contributed by atoms with Crippen LogP contribution in [0.15, 0.2) is 12.1 Å². The Kier molecular flexibility index (Phi) is 5.52. The predicted molar refractivity (Wildman–Crippen MR) is 67.4 cm³/mol. The second-order valence-corrected chi connectivity index (χ2v) is 3.76. The van der Waals surface area contributed by atoms with Crippen LogP contribution in [0.2, 0.25) is 0 Å². The first-order valence-electron chi connectivity index (χ1n) is 5.69. The highest BCUT2D eigenvalue weighted by Crippen LogP contribution is 2.24. The molecule has 0 saturated heterocycles. The molecule has 2 N–H and O–H groups in total. The van der Waals surface area contributed by atoms with Gasteiger partial charge in [0, 0.05) is 25.1 Å². The van der Waals surface area contributed by atoms with Crippen molar-refractivity contribution in [2.24, 2.45) is 0 Å². The highest BCUT2D eigenvalue weighted by Gasteiger charge is 2.15. The summed E-state index contributed by atoms with van der Waals surface area (Å²) in [7, 11) is 1.42. The molecule has 0 aromatic carbocycles. The number of methoxy groups -OCH3 is 1. The lowest BCUT2D eigenvalue weighted by atomic mass is 10.2. The lowest BCUT2D eigenvalue weighted by Crippen LogP contribution is -2.07. The molecule has 0 aliphatic rings. The molecule has 0 fully saturated rings. The van der Waals surface area contributed by atoms with Crippen molar-refractivity contribution in [2.75, 3.05) is 19.0 Å².